The smallest absolute Gasteiger partial charge is 0.123 e. The van der Waals surface area contributed by atoms with Crippen LogP contribution in [0, 0.1) is 12.8 Å². The topological polar surface area (TPSA) is 41.5 Å². The zero-order valence-corrected chi connectivity index (χ0v) is 10.3. The first-order valence-electron chi connectivity index (χ1n) is 5.65. The molecular weight excluding hydrogens is 202 g/mol. The zero-order valence-electron chi connectivity index (χ0n) is 10.3. The van der Waals surface area contributed by atoms with Gasteiger partial charge in [-0.3, -0.25) is 0 Å². The summed E-state index contributed by atoms with van der Waals surface area (Å²) in [7, 11) is 1.92. The van der Waals surface area contributed by atoms with Crippen LogP contribution in [0.1, 0.15) is 18.1 Å². The lowest BCUT2D eigenvalue weighted by Gasteiger charge is -2.14. The lowest BCUT2D eigenvalue weighted by molar-refractivity contribution is 0.173. The number of aliphatic hydroxyl groups is 1. The largest absolute Gasteiger partial charge is 0.493 e. The molecule has 16 heavy (non-hydrogen) atoms. The Morgan fingerprint density at radius 2 is 2.19 bits per heavy atom. The Bertz CT molecular complexity index is 326. The average Bonchev–Trinajstić information content (AvgIpc) is 2.28. The quantitative estimate of drug-likeness (QED) is 0.771. The van der Waals surface area contributed by atoms with Crippen LogP contribution in [0.5, 0.6) is 5.75 Å². The Labute approximate surface area is 97.4 Å². The molecule has 0 fully saturated rings. The molecule has 3 nitrogen and oxygen atoms in total. The van der Waals surface area contributed by atoms with E-state index < -0.39 is 0 Å². The van der Waals surface area contributed by atoms with E-state index in [0.717, 1.165) is 17.9 Å². The molecule has 0 saturated heterocycles. The molecular formula is C13H21NO2. The highest BCUT2D eigenvalue weighted by Gasteiger charge is 2.06. The number of aryl methyl sites for hydroxylation is 1. The van der Waals surface area contributed by atoms with E-state index in [2.05, 4.69) is 18.3 Å². The fraction of sp³-hybridized carbons (Fsp3) is 0.538. The molecule has 1 rings (SSSR count). The predicted molar refractivity (Wildman–Crippen MR) is 65.7 cm³/mol. The second kappa shape index (κ2) is 6.51. The van der Waals surface area contributed by atoms with Crippen LogP contribution in [0.15, 0.2) is 18.2 Å². The number of nitrogens with one attached hydrogen (secondary N) is 1. The average molecular weight is 223 g/mol. The standard InChI is InChI=1S/C13H21NO2/c1-10-4-5-13(12(6-10)7-14-3)16-9-11(2)8-15/h4-6,11,14-15H,7-9H2,1-3H3. The van der Waals surface area contributed by atoms with Gasteiger partial charge in [0.05, 0.1) is 6.61 Å². The lowest BCUT2D eigenvalue weighted by atomic mass is 10.1. The zero-order chi connectivity index (χ0) is 12.0. The molecule has 1 atom stereocenters. The van der Waals surface area contributed by atoms with Crippen molar-refractivity contribution in [3.05, 3.63) is 29.3 Å². The van der Waals surface area contributed by atoms with Crippen LogP contribution < -0.4 is 10.1 Å². The molecule has 2 N–H and O–H groups in total. The highest BCUT2D eigenvalue weighted by Crippen LogP contribution is 2.20. The summed E-state index contributed by atoms with van der Waals surface area (Å²) in [6.07, 6.45) is 0. The van der Waals surface area contributed by atoms with Crippen LogP contribution >= 0.6 is 0 Å². The van der Waals surface area contributed by atoms with E-state index in [1.807, 2.05) is 26.1 Å². The van der Waals surface area contributed by atoms with E-state index in [1.165, 1.54) is 5.56 Å². The van der Waals surface area contributed by atoms with Crippen molar-refractivity contribution in [3.8, 4) is 5.75 Å². The molecule has 3 heteroatoms. The summed E-state index contributed by atoms with van der Waals surface area (Å²) >= 11 is 0. The molecule has 0 saturated carbocycles. The van der Waals surface area contributed by atoms with Gasteiger partial charge in [0.25, 0.3) is 0 Å². The van der Waals surface area contributed by atoms with Gasteiger partial charge in [-0.25, -0.2) is 0 Å². The first kappa shape index (κ1) is 13.0. The van der Waals surface area contributed by atoms with Gasteiger partial charge in [-0.2, -0.15) is 0 Å². The molecule has 0 bridgehead atoms. The van der Waals surface area contributed by atoms with E-state index in [9.17, 15) is 0 Å². The van der Waals surface area contributed by atoms with Crippen LogP contribution in [-0.4, -0.2) is 25.4 Å². The van der Waals surface area contributed by atoms with Gasteiger partial charge in [0.15, 0.2) is 0 Å². The van der Waals surface area contributed by atoms with E-state index in [0.29, 0.717) is 6.61 Å². The maximum absolute atomic E-state index is 8.94. The van der Waals surface area contributed by atoms with Crippen molar-refractivity contribution < 1.29 is 9.84 Å². The SMILES string of the molecule is CNCc1cc(C)ccc1OCC(C)CO. The molecule has 0 spiro atoms. The van der Waals surface area contributed by atoms with E-state index >= 15 is 0 Å². The molecule has 1 aromatic carbocycles. The van der Waals surface area contributed by atoms with Gasteiger partial charge < -0.3 is 15.2 Å². The molecule has 0 radical (unpaired) electrons. The molecule has 0 heterocycles. The number of aliphatic hydroxyl groups excluding tert-OH is 1. The van der Waals surface area contributed by atoms with Gasteiger partial charge in [0, 0.05) is 24.6 Å². The van der Waals surface area contributed by atoms with E-state index in [-0.39, 0.29) is 12.5 Å². The van der Waals surface area contributed by atoms with Crippen molar-refractivity contribution >= 4 is 0 Å². The number of benzene rings is 1. The third kappa shape index (κ3) is 3.83. The monoisotopic (exact) mass is 223 g/mol. The summed E-state index contributed by atoms with van der Waals surface area (Å²) in [5, 5.41) is 12.1. The fourth-order valence-electron chi connectivity index (χ4n) is 1.46. The van der Waals surface area contributed by atoms with Gasteiger partial charge >= 0.3 is 0 Å². The number of rotatable bonds is 6. The summed E-state index contributed by atoms with van der Waals surface area (Å²) in [4.78, 5) is 0. The van der Waals surface area contributed by atoms with Crippen LogP contribution in [0.3, 0.4) is 0 Å². The Balaban J connectivity index is 2.70. The Morgan fingerprint density at radius 1 is 1.44 bits per heavy atom. The summed E-state index contributed by atoms with van der Waals surface area (Å²) in [5.74, 6) is 1.07. The van der Waals surface area contributed by atoms with Gasteiger partial charge in [0.1, 0.15) is 5.75 Å². The molecule has 0 aromatic heterocycles. The molecule has 1 aromatic rings. The van der Waals surface area contributed by atoms with Crippen molar-refractivity contribution in [2.45, 2.75) is 20.4 Å². The Morgan fingerprint density at radius 3 is 2.81 bits per heavy atom. The minimum absolute atomic E-state index is 0.160. The van der Waals surface area contributed by atoms with Crippen molar-refractivity contribution in [2.75, 3.05) is 20.3 Å². The molecule has 0 aliphatic rings. The lowest BCUT2D eigenvalue weighted by Crippen LogP contribution is -2.14. The molecule has 0 aliphatic carbocycles. The van der Waals surface area contributed by atoms with Crippen molar-refractivity contribution in [1.29, 1.82) is 0 Å². The highest BCUT2D eigenvalue weighted by atomic mass is 16.5. The summed E-state index contributed by atoms with van der Waals surface area (Å²) < 4.78 is 5.70. The maximum atomic E-state index is 8.94. The second-order valence-electron chi connectivity index (χ2n) is 4.24. The number of hydrogen-bond acceptors (Lipinski definition) is 3. The highest BCUT2D eigenvalue weighted by molar-refractivity contribution is 5.36. The summed E-state index contributed by atoms with van der Waals surface area (Å²) in [6, 6.07) is 6.15. The fourth-order valence-corrected chi connectivity index (χ4v) is 1.46. The predicted octanol–water partition coefficient (Wildman–Crippen LogP) is 1.72. The Kier molecular flexibility index (Phi) is 5.29. The molecule has 0 amide bonds. The van der Waals surface area contributed by atoms with Gasteiger partial charge in [-0.05, 0) is 20.0 Å². The summed E-state index contributed by atoms with van der Waals surface area (Å²) in [5.41, 5.74) is 2.39. The molecule has 90 valence electrons. The minimum Gasteiger partial charge on any atom is -0.493 e. The van der Waals surface area contributed by atoms with Crippen molar-refractivity contribution in [3.63, 3.8) is 0 Å². The molecule has 1 unspecified atom stereocenters. The van der Waals surface area contributed by atoms with Gasteiger partial charge in [0.2, 0.25) is 0 Å². The second-order valence-corrected chi connectivity index (χ2v) is 4.24. The van der Waals surface area contributed by atoms with Crippen LogP contribution in [0.25, 0.3) is 0 Å². The minimum atomic E-state index is 0.160. The third-order valence-electron chi connectivity index (χ3n) is 2.42. The number of ether oxygens (including phenoxy) is 1. The van der Waals surface area contributed by atoms with E-state index in [4.69, 9.17) is 9.84 Å². The van der Waals surface area contributed by atoms with Crippen LogP contribution in [0.4, 0.5) is 0 Å². The van der Waals surface area contributed by atoms with Crippen LogP contribution in [0.2, 0.25) is 0 Å². The third-order valence-corrected chi connectivity index (χ3v) is 2.42. The van der Waals surface area contributed by atoms with Crippen molar-refractivity contribution in [2.24, 2.45) is 5.92 Å². The first-order chi connectivity index (χ1) is 7.67. The van der Waals surface area contributed by atoms with Crippen molar-refractivity contribution in [1.82, 2.24) is 5.32 Å². The van der Waals surface area contributed by atoms with Crippen LogP contribution in [-0.2, 0) is 6.54 Å². The molecule has 0 aliphatic heterocycles. The number of hydrogen-bond donors (Lipinski definition) is 2. The van der Waals surface area contributed by atoms with Gasteiger partial charge in [-0.15, -0.1) is 0 Å². The summed E-state index contributed by atoms with van der Waals surface area (Å²) in [6.45, 7) is 5.54. The van der Waals surface area contributed by atoms with Gasteiger partial charge in [-0.1, -0.05) is 24.6 Å². The maximum Gasteiger partial charge on any atom is 0.123 e. The first-order valence-corrected chi connectivity index (χ1v) is 5.65. The normalized spacial score (nSPS) is 12.5. The Hall–Kier alpha value is -1.06. The van der Waals surface area contributed by atoms with E-state index in [1.54, 1.807) is 0 Å².